The number of anilines is 1. The Labute approximate surface area is 171 Å². The van der Waals surface area contributed by atoms with Crippen LogP contribution in [0, 0.1) is 5.92 Å². The predicted octanol–water partition coefficient (Wildman–Crippen LogP) is 3.70. The highest BCUT2D eigenvalue weighted by atomic mass is 127. The number of guanidine groups is 1. The number of alkyl halides is 2. The minimum absolute atomic E-state index is 0. The van der Waals surface area contributed by atoms with Gasteiger partial charge in [-0.25, -0.2) is 0 Å². The molecule has 1 aromatic carbocycles. The molecule has 0 bridgehead atoms. The Kier molecular flexibility index (Phi) is 9.97. The lowest BCUT2D eigenvalue weighted by Gasteiger charge is -2.22. The van der Waals surface area contributed by atoms with E-state index >= 15 is 0 Å². The molecule has 5 nitrogen and oxygen atoms in total. The number of benzene rings is 1. The molecular formula is C18H29F2IN4O. The summed E-state index contributed by atoms with van der Waals surface area (Å²) in [6.45, 7) is 3.93. The van der Waals surface area contributed by atoms with E-state index in [-0.39, 0.29) is 35.8 Å². The van der Waals surface area contributed by atoms with Crippen molar-refractivity contribution in [1.82, 2.24) is 10.6 Å². The fourth-order valence-corrected chi connectivity index (χ4v) is 2.88. The van der Waals surface area contributed by atoms with Crippen molar-refractivity contribution in [1.29, 1.82) is 0 Å². The maximum Gasteiger partial charge on any atom is 0.387 e. The minimum Gasteiger partial charge on any atom is -0.433 e. The second-order valence-corrected chi connectivity index (χ2v) is 6.60. The van der Waals surface area contributed by atoms with Gasteiger partial charge in [0.1, 0.15) is 5.75 Å². The Morgan fingerprint density at radius 1 is 1.35 bits per heavy atom. The van der Waals surface area contributed by atoms with Gasteiger partial charge >= 0.3 is 6.61 Å². The summed E-state index contributed by atoms with van der Waals surface area (Å²) in [7, 11) is 1.75. The molecule has 0 spiro atoms. The zero-order valence-corrected chi connectivity index (χ0v) is 17.9. The molecule has 1 heterocycles. The molecule has 1 fully saturated rings. The first-order chi connectivity index (χ1) is 12.0. The van der Waals surface area contributed by atoms with Gasteiger partial charge in [-0.1, -0.05) is 26.0 Å². The normalized spacial score (nSPS) is 17.4. The van der Waals surface area contributed by atoms with Crippen molar-refractivity contribution in [2.75, 3.05) is 31.6 Å². The molecule has 0 aliphatic carbocycles. The molecule has 1 atom stereocenters. The molecule has 2 N–H and O–H groups in total. The van der Waals surface area contributed by atoms with Crippen molar-refractivity contribution in [3.63, 3.8) is 0 Å². The predicted molar refractivity (Wildman–Crippen MR) is 113 cm³/mol. The molecule has 1 saturated heterocycles. The average molecular weight is 482 g/mol. The van der Waals surface area contributed by atoms with E-state index in [4.69, 9.17) is 0 Å². The first-order valence-electron chi connectivity index (χ1n) is 8.75. The molecule has 8 heteroatoms. The van der Waals surface area contributed by atoms with Gasteiger partial charge in [-0.05, 0) is 30.9 Å². The summed E-state index contributed by atoms with van der Waals surface area (Å²) >= 11 is 0. The Bertz CT molecular complexity index is 572. The SMILES string of the molecule is CN=C(NCCC(C)C)NC1CCN(c2ccccc2OC(F)F)C1.I. The number of halogens is 3. The van der Waals surface area contributed by atoms with Crippen molar-refractivity contribution in [3.8, 4) is 5.75 Å². The first kappa shape index (κ1) is 22.7. The second kappa shape index (κ2) is 11.4. The lowest BCUT2D eigenvalue weighted by Crippen LogP contribution is -2.45. The molecule has 1 unspecified atom stereocenters. The highest BCUT2D eigenvalue weighted by Gasteiger charge is 2.25. The smallest absolute Gasteiger partial charge is 0.387 e. The third kappa shape index (κ3) is 7.13. The molecule has 148 valence electrons. The summed E-state index contributed by atoms with van der Waals surface area (Å²) in [6.07, 6.45) is 1.99. The summed E-state index contributed by atoms with van der Waals surface area (Å²) in [4.78, 5) is 6.32. The van der Waals surface area contributed by atoms with Gasteiger partial charge in [0.2, 0.25) is 0 Å². The van der Waals surface area contributed by atoms with Crippen LogP contribution in [0.25, 0.3) is 0 Å². The van der Waals surface area contributed by atoms with E-state index in [1.807, 2.05) is 12.1 Å². The van der Waals surface area contributed by atoms with Gasteiger partial charge in [0.15, 0.2) is 5.96 Å². The lowest BCUT2D eigenvalue weighted by molar-refractivity contribution is -0.0495. The zero-order chi connectivity index (χ0) is 18.2. The lowest BCUT2D eigenvalue weighted by atomic mass is 10.1. The van der Waals surface area contributed by atoms with E-state index in [9.17, 15) is 8.78 Å². The van der Waals surface area contributed by atoms with Crippen LogP contribution in [0.3, 0.4) is 0 Å². The molecule has 2 rings (SSSR count). The van der Waals surface area contributed by atoms with Gasteiger partial charge in [0.25, 0.3) is 0 Å². The molecule has 26 heavy (non-hydrogen) atoms. The molecule has 1 aliphatic heterocycles. The summed E-state index contributed by atoms with van der Waals surface area (Å²) in [6, 6.07) is 7.14. The molecule has 0 radical (unpaired) electrons. The number of nitrogens with zero attached hydrogens (tertiary/aromatic N) is 2. The number of rotatable bonds is 7. The number of para-hydroxylation sites is 2. The first-order valence-corrected chi connectivity index (χ1v) is 8.75. The Morgan fingerprint density at radius 3 is 2.73 bits per heavy atom. The average Bonchev–Trinajstić information content (AvgIpc) is 3.02. The fraction of sp³-hybridized carbons (Fsp3) is 0.611. The quantitative estimate of drug-likeness (QED) is 0.354. The van der Waals surface area contributed by atoms with Crippen molar-refractivity contribution >= 4 is 35.6 Å². The van der Waals surface area contributed by atoms with E-state index in [1.54, 1.807) is 19.2 Å². The van der Waals surface area contributed by atoms with Crippen LogP contribution in [0.15, 0.2) is 29.3 Å². The standard InChI is InChI=1S/C18H28F2N4O.HI/c1-13(2)8-10-22-18(21-3)23-14-9-11-24(12-14)15-6-4-5-7-16(15)25-17(19)20;/h4-7,13-14,17H,8-12H2,1-3H3,(H2,21,22,23);1H. The fourth-order valence-electron chi connectivity index (χ4n) is 2.88. The third-order valence-corrected chi connectivity index (χ3v) is 4.19. The maximum atomic E-state index is 12.6. The number of nitrogens with one attached hydrogen (secondary N) is 2. The van der Waals surface area contributed by atoms with Gasteiger partial charge in [0, 0.05) is 32.7 Å². The number of ether oxygens (including phenoxy) is 1. The van der Waals surface area contributed by atoms with Crippen LogP contribution in [0.2, 0.25) is 0 Å². The van der Waals surface area contributed by atoms with E-state index in [2.05, 4.69) is 39.1 Å². The number of aliphatic imine (C=N–C) groups is 1. The molecule has 0 amide bonds. The van der Waals surface area contributed by atoms with E-state index in [0.29, 0.717) is 18.2 Å². The second-order valence-electron chi connectivity index (χ2n) is 6.60. The van der Waals surface area contributed by atoms with Crippen molar-refractivity contribution < 1.29 is 13.5 Å². The molecular weight excluding hydrogens is 453 g/mol. The van der Waals surface area contributed by atoms with Gasteiger partial charge < -0.3 is 20.3 Å². The number of hydrogen-bond acceptors (Lipinski definition) is 3. The topological polar surface area (TPSA) is 48.9 Å². The summed E-state index contributed by atoms with van der Waals surface area (Å²) in [5, 5.41) is 6.72. The summed E-state index contributed by atoms with van der Waals surface area (Å²) in [5.74, 6) is 1.64. The summed E-state index contributed by atoms with van der Waals surface area (Å²) in [5.41, 5.74) is 0.704. The van der Waals surface area contributed by atoms with Gasteiger partial charge in [-0.15, -0.1) is 24.0 Å². The molecule has 1 aliphatic rings. The van der Waals surface area contributed by atoms with Gasteiger partial charge in [0.05, 0.1) is 5.69 Å². The van der Waals surface area contributed by atoms with Crippen LogP contribution in [0.5, 0.6) is 5.75 Å². The maximum absolute atomic E-state index is 12.6. The largest absolute Gasteiger partial charge is 0.433 e. The molecule has 0 aromatic heterocycles. The van der Waals surface area contributed by atoms with Crippen molar-refractivity contribution in [3.05, 3.63) is 24.3 Å². The highest BCUT2D eigenvalue weighted by Crippen LogP contribution is 2.31. The Hall–Kier alpha value is -1.32. The van der Waals surface area contributed by atoms with Crippen molar-refractivity contribution in [2.24, 2.45) is 10.9 Å². The third-order valence-electron chi connectivity index (χ3n) is 4.19. The Morgan fingerprint density at radius 2 is 2.08 bits per heavy atom. The van der Waals surface area contributed by atoms with E-state index < -0.39 is 6.61 Å². The molecule has 0 saturated carbocycles. The monoisotopic (exact) mass is 482 g/mol. The number of hydrogen-bond donors (Lipinski definition) is 2. The van der Waals surface area contributed by atoms with Gasteiger partial charge in [-0.2, -0.15) is 8.78 Å². The summed E-state index contributed by atoms with van der Waals surface area (Å²) < 4.78 is 29.8. The minimum atomic E-state index is -2.82. The van der Waals surface area contributed by atoms with E-state index in [1.165, 1.54) is 0 Å². The zero-order valence-electron chi connectivity index (χ0n) is 15.5. The van der Waals surface area contributed by atoms with Crippen LogP contribution in [0.4, 0.5) is 14.5 Å². The van der Waals surface area contributed by atoms with Crippen LogP contribution < -0.4 is 20.3 Å². The highest BCUT2D eigenvalue weighted by molar-refractivity contribution is 14.0. The molecule has 1 aromatic rings. The van der Waals surface area contributed by atoms with Crippen LogP contribution in [0.1, 0.15) is 26.7 Å². The van der Waals surface area contributed by atoms with Crippen LogP contribution in [-0.4, -0.2) is 45.3 Å². The van der Waals surface area contributed by atoms with Crippen LogP contribution >= 0.6 is 24.0 Å². The van der Waals surface area contributed by atoms with Crippen molar-refractivity contribution in [2.45, 2.75) is 39.3 Å². The van der Waals surface area contributed by atoms with E-state index in [0.717, 1.165) is 31.9 Å². The van der Waals surface area contributed by atoms with Crippen LogP contribution in [-0.2, 0) is 0 Å². The van der Waals surface area contributed by atoms with Gasteiger partial charge in [-0.3, -0.25) is 4.99 Å². The Balaban J connectivity index is 0.00000338.